The lowest BCUT2D eigenvalue weighted by Crippen LogP contribution is -2.53. The molecule has 2 aliphatic heterocycles. The van der Waals surface area contributed by atoms with Crippen LogP contribution in [-0.4, -0.2) is 73.5 Å². The third kappa shape index (κ3) is 5.22. The van der Waals surface area contributed by atoms with Gasteiger partial charge in [-0.25, -0.2) is 4.79 Å². The normalized spacial score (nSPS) is 19.6. The molecule has 2 heterocycles. The second-order valence-corrected chi connectivity index (χ2v) is 8.26. The number of piperidine rings is 2. The quantitative estimate of drug-likeness (QED) is 0.865. The number of carbonyl (C=O) groups excluding carboxylic acids is 2. The van der Waals surface area contributed by atoms with Crippen LogP contribution in [0.25, 0.3) is 0 Å². The molecule has 6 heteroatoms. The van der Waals surface area contributed by atoms with E-state index in [1.165, 1.54) is 0 Å². The molecule has 1 spiro atoms. The number of anilines is 1. The first-order valence-electron chi connectivity index (χ1n) is 10.0. The zero-order chi connectivity index (χ0) is 19.3. The van der Waals surface area contributed by atoms with Crippen molar-refractivity contribution < 1.29 is 9.59 Å². The van der Waals surface area contributed by atoms with Crippen molar-refractivity contribution in [2.75, 3.05) is 52.1 Å². The van der Waals surface area contributed by atoms with Gasteiger partial charge < -0.3 is 20.0 Å². The van der Waals surface area contributed by atoms with E-state index in [0.717, 1.165) is 64.1 Å². The molecule has 0 bridgehead atoms. The first kappa shape index (κ1) is 19.7. The van der Waals surface area contributed by atoms with Gasteiger partial charge in [-0.05, 0) is 63.9 Å². The van der Waals surface area contributed by atoms with Crippen LogP contribution in [0.1, 0.15) is 32.1 Å². The second kappa shape index (κ2) is 8.74. The molecule has 3 amide bonds. The molecule has 0 unspecified atom stereocenters. The van der Waals surface area contributed by atoms with Crippen LogP contribution in [0.5, 0.6) is 0 Å². The molecule has 1 aromatic rings. The maximum atomic E-state index is 12.5. The van der Waals surface area contributed by atoms with Crippen LogP contribution in [-0.2, 0) is 4.79 Å². The molecule has 0 atom stereocenters. The summed E-state index contributed by atoms with van der Waals surface area (Å²) in [5.41, 5.74) is 1.02. The summed E-state index contributed by atoms with van der Waals surface area (Å²) >= 11 is 0. The van der Waals surface area contributed by atoms with E-state index in [0.29, 0.717) is 12.3 Å². The summed E-state index contributed by atoms with van der Waals surface area (Å²) in [7, 11) is 4.13. The van der Waals surface area contributed by atoms with Crippen LogP contribution in [0.15, 0.2) is 30.3 Å². The highest BCUT2D eigenvalue weighted by molar-refractivity contribution is 5.89. The fraction of sp³-hybridized carbons (Fsp3) is 0.619. The highest BCUT2D eigenvalue weighted by Crippen LogP contribution is 2.40. The lowest BCUT2D eigenvalue weighted by atomic mass is 9.72. The van der Waals surface area contributed by atoms with E-state index in [4.69, 9.17) is 0 Å². The standard InChI is InChI=1S/C21H32N4O2/c1-23(2)13-6-14-25-17-21(10-9-19(25)26)11-15-24(16-12-21)20(27)22-18-7-4-3-5-8-18/h3-5,7-8H,6,9-17H2,1-2H3,(H,22,27). The molecule has 2 saturated heterocycles. The Hall–Kier alpha value is -2.08. The van der Waals surface area contributed by atoms with Crippen LogP contribution >= 0.6 is 0 Å². The summed E-state index contributed by atoms with van der Waals surface area (Å²) in [6, 6.07) is 9.57. The number of urea groups is 1. The molecule has 1 aromatic carbocycles. The van der Waals surface area contributed by atoms with E-state index in [1.54, 1.807) is 0 Å². The van der Waals surface area contributed by atoms with Gasteiger partial charge in [-0.2, -0.15) is 0 Å². The van der Waals surface area contributed by atoms with Crippen molar-refractivity contribution in [3.63, 3.8) is 0 Å². The monoisotopic (exact) mass is 372 g/mol. The molecule has 2 fully saturated rings. The number of rotatable bonds is 5. The maximum Gasteiger partial charge on any atom is 0.321 e. The van der Waals surface area contributed by atoms with Crippen LogP contribution in [0.3, 0.4) is 0 Å². The highest BCUT2D eigenvalue weighted by Gasteiger charge is 2.41. The van der Waals surface area contributed by atoms with Crippen LogP contribution in [0.4, 0.5) is 10.5 Å². The predicted molar refractivity (Wildman–Crippen MR) is 108 cm³/mol. The van der Waals surface area contributed by atoms with Crippen LogP contribution in [0.2, 0.25) is 0 Å². The molecule has 6 nitrogen and oxygen atoms in total. The van der Waals surface area contributed by atoms with E-state index < -0.39 is 0 Å². The lowest BCUT2D eigenvalue weighted by Gasteiger charge is -2.47. The smallest absolute Gasteiger partial charge is 0.321 e. The Morgan fingerprint density at radius 2 is 1.85 bits per heavy atom. The van der Waals surface area contributed by atoms with Crippen molar-refractivity contribution in [3.8, 4) is 0 Å². The van der Waals surface area contributed by atoms with Crippen molar-refractivity contribution in [1.82, 2.24) is 14.7 Å². The van der Waals surface area contributed by atoms with E-state index >= 15 is 0 Å². The number of amides is 3. The number of carbonyl (C=O) groups is 2. The van der Waals surface area contributed by atoms with Crippen molar-refractivity contribution >= 4 is 17.6 Å². The van der Waals surface area contributed by atoms with Crippen molar-refractivity contribution in [3.05, 3.63) is 30.3 Å². The van der Waals surface area contributed by atoms with E-state index in [-0.39, 0.29) is 11.4 Å². The minimum Gasteiger partial charge on any atom is -0.342 e. The summed E-state index contributed by atoms with van der Waals surface area (Å²) in [4.78, 5) is 30.9. The molecule has 1 N–H and O–H groups in total. The van der Waals surface area contributed by atoms with E-state index in [2.05, 4.69) is 29.2 Å². The Labute approximate surface area is 162 Å². The first-order chi connectivity index (χ1) is 13.0. The van der Waals surface area contributed by atoms with Gasteiger partial charge in [0.2, 0.25) is 5.91 Å². The molecule has 0 radical (unpaired) electrons. The number of para-hydroxylation sites is 1. The molecule has 0 saturated carbocycles. The summed E-state index contributed by atoms with van der Waals surface area (Å²) < 4.78 is 0. The number of likely N-dealkylation sites (tertiary alicyclic amines) is 2. The largest absolute Gasteiger partial charge is 0.342 e. The van der Waals surface area contributed by atoms with Crippen LogP contribution < -0.4 is 5.32 Å². The Bertz CT molecular complexity index is 639. The molecular weight excluding hydrogens is 340 g/mol. The zero-order valence-corrected chi connectivity index (χ0v) is 16.6. The Morgan fingerprint density at radius 1 is 1.15 bits per heavy atom. The summed E-state index contributed by atoms with van der Waals surface area (Å²) in [6.45, 7) is 4.23. The van der Waals surface area contributed by atoms with Gasteiger partial charge in [0.15, 0.2) is 0 Å². The average Bonchev–Trinajstić information content (AvgIpc) is 2.66. The van der Waals surface area contributed by atoms with Gasteiger partial charge in [-0.15, -0.1) is 0 Å². The predicted octanol–water partition coefficient (Wildman–Crippen LogP) is 2.87. The zero-order valence-electron chi connectivity index (χ0n) is 16.6. The minimum atomic E-state index is -0.0224. The van der Waals surface area contributed by atoms with Crippen molar-refractivity contribution in [2.24, 2.45) is 5.41 Å². The lowest BCUT2D eigenvalue weighted by molar-refractivity contribution is -0.139. The topological polar surface area (TPSA) is 55.9 Å². The Balaban J connectivity index is 1.51. The van der Waals surface area contributed by atoms with Gasteiger partial charge in [-0.1, -0.05) is 18.2 Å². The first-order valence-corrected chi connectivity index (χ1v) is 10.0. The van der Waals surface area contributed by atoms with Gasteiger partial charge in [0, 0.05) is 38.3 Å². The third-order valence-electron chi connectivity index (χ3n) is 5.92. The van der Waals surface area contributed by atoms with Crippen molar-refractivity contribution in [1.29, 1.82) is 0 Å². The highest BCUT2D eigenvalue weighted by atomic mass is 16.2. The van der Waals surface area contributed by atoms with Gasteiger partial charge >= 0.3 is 6.03 Å². The summed E-state index contributed by atoms with van der Waals surface area (Å²) in [6.07, 6.45) is 4.59. The SMILES string of the molecule is CN(C)CCCN1CC2(CCC1=O)CCN(C(=O)Nc1ccccc1)CC2. The van der Waals surface area contributed by atoms with E-state index in [1.807, 2.05) is 35.2 Å². The third-order valence-corrected chi connectivity index (χ3v) is 5.92. The minimum absolute atomic E-state index is 0.0224. The number of nitrogens with one attached hydrogen (secondary N) is 1. The Kier molecular flexibility index (Phi) is 6.37. The maximum absolute atomic E-state index is 12.5. The fourth-order valence-electron chi connectivity index (χ4n) is 4.20. The number of hydrogen-bond acceptors (Lipinski definition) is 3. The van der Waals surface area contributed by atoms with Gasteiger partial charge in [0.05, 0.1) is 0 Å². The number of benzene rings is 1. The van der Waals surface area contributed by atoms with Crippen molar-refractivity contribution in [2.45, 2.75) is 32.1 Å². The number of nitrogens with zero attached hydrogens (tertiary/aromatic N) is 3. The van der Waals surface area contributed by atoms with E-state index in [9.17, 15) is 9.59 Å². The molecule has 2 aliphatic rings. The number of hydrogen-bond donors (Lipinski definition) is 1. The Morgan fingerprint density at radius 3 is 2.52 bits per heavy atom. The second-order valence-electron chi connectivity index (χ2n) is 8.26. The summed E-state index contributed by atoms with van der Waals surface area (Å²) in [5, 5.41) is 2.98. The van der Waals surface area contributed by atoms with Gasteiger partial charge in [0.1, 0.15) is 0 Å². The van der Waals surface area contributed by atoms with Gasteiger partial charge in [-0.3, -0.25) is 4.79 Å². The average molecular weight is 373 g/mol. The molecule has 0 aromatic heterocycles. The molecular formula is C21H32N4O2. The fourth-order valence-corrected chi connectivity index (χ4v) is 4.20. The molecule has 0 aliphatic carbocycles. The van der Waals surface area contributed by atoms with Gasteiger partial charge in [0.25, 0.3) is 0 Å². The molecule has 148 valence electrons. The molecule has 3 rings (SSSR count). The summed E-state index contributed by atoms with van der Waals surface area (Å²) in [5.74, 6) is 0.295. The molecule has 27 heavy (non-hydrogen) atoms. The van der Waals surface area contributed by atoms with Crippen LogP contribution in [0, 0.1) is 5.41 Å².